The Morgan fingerprint density at radius 2 is 1.81 bits per heavy atom. The number of rotatable bonds is 7. The Morgan fingerprint density at radius 1 is 1.19 bits per heavy atom. The molecule has 0 radical (unpaired) electrons. The Bertz CT molecular complexity index is 732. The molecule has 7 heteroatoms. The van der Waals surface area contributed by atoms with Crippen LogP contribution in [0.3, 0.4) is 0 Å². The Morgan fingerprint density at radius 3 is 2.31 bits per heavy atom. The first kappa shape index (κ1) is 22.3. The van der Waals surface area contributed by atoms with Gasteiger partial charge in [-0.2, -0.15) is 5.10 Å². The summed E-state index contributed by atoms with van der Waals surface area (Å²) in [5, 5.41) is 7.77. The lowest BCUT2D eigenvalue weighted by Gasteiger charge is -2.15. The van der Waals surface area contributed by atoms with Gasteiger partial charge in [-0.1, -0.05) is 39.0 Å². The first-order valence-corrected chi connectivity index (χ1v) is 8.81. The fourth-order valence-electron chi connectivity index (χ4n) is 3.04. The van der Waals surface area contributed by atoms with Gasteiger partial charge < -0.3 is 15.8 Å². The molecule has 1 aromatic heterocycles. The molecule has 1 heterocycles. The summed E-state index contributed by atoms with van der Waals surface area (Å²) in [6, 6.07) is 6.33. The lowest BCUT2D eigenvalue weighted by Crippen LogP contribution is -2.24. The van der Waals surface area contributed by atoms with Gasteiger partial charge in [0.25, 0.3) is 0 Å². The van der Waals surface area contributed by atoms with Crippen molar-refractivity contribution in [3.8, 4) is 5.88 Å². The summed E-state index contributed by atoms with van der Waals surface area (Å²) < 4.78 is 7.20. The van der Waals surface area contributed by atoms with E-state index in [1.807, 2.05) is 7.05 Å². The predicted molar refractivity (Wildman–Crippen MR) is 119 cm³/mol. The zero-order valence-corrected chi connectivity index (χ0v) is 18.6. The second-order valence-corrected chi connectivity index (χ2v) is 5.90. The Kier molecular flexibility index (Phi) is 8.91. The molecule has 0 aliphatic rings. The summed E-state index contributed by atoms with van der Waals surface area (Å²) in [6.07, 6.45) is 2.72. The zero-order valence-electron chi connectivity index (χ0n) is 16.3. The Balaban J connectivity index is 0.00000338. The van der Waals surface area contributed by atoms with Gasteiger partial charge in [0.15, 0.2) is 5.96 Å². The van der Waals surface area contributed by atoms with Crippen molar-refractivity contribution in [3.63, 3.8) is 0 Å². The zero-order chi connectivity index (χ0) is 18.4. The molecule has 3 N–H and O–H groups in total. The SMILES string of the molecule is CCc1cccc(CC)c1NC(N)=NCc1c(CC)nn(C)c1OC.I. The fraction of sp³-hybridized carbons (Fsp3) is 0.474. The summed E-state index contributed by atoms with van der Waals surface area (Å²) in [5.41, 5.74) is 11.7. The molecule has 144 valence electrons. The largest absolute Gasteiger partial charge is 0.481 e. The van der Waals surface area contributed by atoms with Crippen LogP contribution >= 0.6 is 24.0 Å². The van der Waals surface area contributed by atoms with Crippen molar-refractivity contribution < 1.29 is 4.74 Å². The van der Waals surface area contributed by atoms with E-state index in [2.05, 4.69) is 54.4 Å². The number of guanidine groups is 1. The van der Waals surface area contributed by atoms with E-state index in [9.17, 15) is 0 Å². The van der Waals surface area contributed by atoms with Gasteiger partial charge in [0.1, 0.15) is 0 Å². The number of nitrogens with one attached hydrogen (secondary N) is 1. The Labute approximate surface area is 173 Å². The molecular weight excluding hydrogens is 441 g/mol. The smallest absolute Gasteiger partial charge is 0.216 e. The van der Waals surface area contributed by atoms with E-state index in [0.29, 0.717) is 12.5 Å². The van der Waals surface area contributed by atoms with E-state index in [0.717, 1.165) is 42.1 Å². The molecule has 2 rings (SSSR count). The Hall–Kier alpha value is -1.77. The number of anilines is 1. The van der Waals surface area contributed by atoms with Crippen molar-refractivity contribution >= 4 is 35.6 Å². The highest BCUT2D eigenvalue weighted by Crippen LogP contribution is 2.24. The number of ether oxygens (including phenoxy) is 1. The van der Waals surface area contributed by atoms with Crippen molar-refractivity contribution in [1.29, 1.82) is 0 Å². The van der Waals surface area contributed by atoms with Gasteiger partial charge in [-0.15, -0.1) is 24.0 Å². The van der Waals surface area contributed by atoms with Crippen LogP contribution in [0.2, 0.25) is 0 Å². The molecule has 0 saturated carbocycles. The average Bonchev–Trinajstić information content (AvgIpc) is 2.94. The first-order valence-electron chi connectivity index (χ1n) is 8.81. The third-order valence-electron chi connectivity index (χ3n) is 4.36. The van der Waals surface area contributed by atoms with E-state index >= 15 is 0 Å². The monoisotopic (exact) mass is 471 g/mol. The number of hydrogen-bond donors (Lipinski definition) is 2. The molecule has 1 aromatic carbocycles. The fourth-order valence-corrected chi connectivity index (χ4v) is 3.04. The van der Waals surface area contributed by atoms with E-state index in [4.69, 9.17) is 10.5 Å². The second-order valence-electron chi connectivity index (χ2n) is 5.90. The van der Waals surface area contributed by atoms with Crippen LogP contribution < -0.4 is 15.8 Å². The molecule has 0 fully saturated rings. The van der Waals surface area contributed by atoms with E-state index in [-0.39, 0.29) is 24.0 Å². The van der Waals surface area contributed by atoms with Crippen LogP contribution in [-0.2, 0) is 32.9 Å². The van der Waals surface area contributed by atoms with Crippen LogP contribution in [-0.4, -0.2) is 22.8 Å². The summed E-state index contributed by atoms with van der Waals surface area (Å²) in [6.45, 7) is 6.79. The number of aliphatic imine (C=N–C) groups is 1. The quantitative estimate of drug-likeness (QED) is 0.367. The maximum absolute atomic E-state index is 6.16. The third-order valence-corrected chi connectivity index (χ3v) is 4.36. The molecule has 0 aliphatic carbocycles. The minimum absolute atomic E-state index is 0. The number of nitrogens with two attached hydrogens (primary N) is 1. The molecule has 26 heavy (non-hydrogen) atoms. The minimum atomic E-state index is 0. The van der Waals surface area contributed by atoms with Gasteiger partial charge in [-0.05, 0) is 30.4 Å². The van der Waals surface area contributed by atoms with E-state index in [1.54, 1.807) is 11.8 Å². The van der Waals surface area contributed by atoms with Crippen molar-refractivity contribution in [1.82, 2.24) is 9.78 Å². The summed E-state index contributed by atoms with van der Waals surface area (Å²) in [7, 11) is 3.52. The molecule has 0 amide bonds. The van der Waals surface area contributed by atoms with Crippen LogP contribution in [0, 0.1) is 0 Å². The van der Waals surface area contributed by atoms with Gasteiger partial charge in [0, 0.05) is 12.7 Å². The van der Waals surface area contributed by atoms with Crippen LogP contribution in [0.15, 0.2) is 23.2 Å². The van der Waals surface area contributed by atoms with Crippen LogP contribution in [0.25, 0.3) is 0 Å². The van der Waals surface area contributed by atoms with Crippen LogP contribution in [0.4, 0.5) is 5.69 Å². The van der Waals surface area contributed by atoms with E-state index < -0.39 is 0 Å². The lowest BCUT2D eigenvalue weighted by molar-refractivity contribution is 0.369. The summed E-state index contributed by atoms with van der Waals surface area (Å²) in [5.74, 6) is 1.14. The van der Waals surface area contributed by atoms with Crippen molar-refractivity contribution in [2.45, 2.75) is 46.6 Å². The molecule has 0 spiro atoms. The van der Waals surface area contributed by atoms with Crippen molar-refractivity contribution in [3.05, 3.63) is 40.6 Å². The van der Waals surface area contributed by atoms with Crippen molar-refractivity contribution in [2.75, 3.05) is 12.4 Å². The van der Waals surface area contributed by atoms with Crippen molar-refractivity contribution in [2.24, 2.45) is 17.8 Å². The number of hydrogen-bond acceptors (Lipinski definition) is 3. The number of nitrogens with zero attached hydrogens (tertiary/aromatic N) is 3. The van der Waals surface area contributed by atoms with Gasteiger partial charge in [0.05, 0.1) is 24.9 Å². The van der Waals surface area contributed by atoms with Gasteiger partial charge >= 0.3 is 0 Å². The molecule has 2 aromatic rings. The lowest BCUT2D eigenvalue weighted by atomic mass is 10.0. The number of para-hydroxylation sites is 1. The highest BCUT2D eigenvalue weighted by atomic mass is 127. The maximum atomic E-state index is 6.16. The van der Waals surface area contributed by atoms with E-state index in [1.165, 1.54) is 11.1 Å². The van der Waals surface area contributed by atoms with Crippen LogP contribution in [0.1, 0.15) is 43.2 Å². The number of halogens is 1. The van der Waals surface area contributed by atoms with Crippen LogP contribution in [0.5, 0.6) is 5.88 Å². The molecule has 0 aliphatic heterocycles. The number of methoxy groups -OCH3 is 1. The normalized spacial score (nSPS) is 11.2. The molecule has 0 atom stereocenters. The third kappa shape index (κ3) is 4.90. The molecule has 0 unspecified atom stereocenters. The molecule has 6 nitrogen and oxygen atoms in total. The highest BCUT2D eigenvalue weighted by molar-refractivity contribution is 14.0. The number of aromatic nitrogens is 2. The predicted octanol–water partition coefficient (Wildman–Crippen LogP) is 3.66. The highest BCUT2D eigenvalue weighted by Gasteiger charge is 2.15. The number of aryl methyl sites for hydroxylation is 4. The number of benzene rings is 1. The average molecular weight is 471 g/mol. The first-order chi connectivity index (χ1) is 12.0. The van der Waals surface area contributed by atoms with Gasteiger partial charge in [-0.25, -0.2) is 9.67 Å². The standard InChI is InChI=1S/C19H29N5O.HI/c1-6-13-10-9-11-14(7-2)17(13)22-19(20)21-12-15-16(8-3)23-24(4)18(15)25-5;/h9-11H,6-8,12H2,1-5H3,(H3,20,21,22);1H. The second kappa shape index (κ2) is 10.4. The summed E-state index contributed by atoms with van der Waals surface area (Å²) >= 11 is 0. The van der Waals surface area contributed by atoms with Gasteiger partial charge in [-0.3, -0.25) is 0 Å². The summed E-state index contributed by atoms with van der Waals surface area (Å²) in [4.78, 5) is 4.52. The molecule has 0 saturated heterocycles. The molecular formula is C19H30IN5O. The topological polar surface area (TPSA) is 77.5 Å². The molecule has 0 bridgehead atoms. The maximum Gasteiger partial charge on any atom is 0.216 e. The van der Waals surface area contributed by atoms with Gasteiger partial charge in [0.2, 0.25) is 5.88 Å². The minimum Gasteiger partial charge on any atom is -0.481 e.